The molecule has 0 saturated heterocycles. The maximum atomic E-state index is 12.3. The Hall–Kier alpha value is -2.01. The second kappa shape index (κ2) is 5.96. The number of aryl methyl sites for hydroxylation is 2. The topological polar surface area (TPSA) is 72.9 Å². The van der Waals surface area contributed by atoms with E-state index in [-0.39, 0.29) is 5.91 Å². The Labute approximate surface area is 122 Å². The van der Waals surface area contributed by atoms with Gasteiger partial charge in [-0.15, -0.1) is 0 Å². The molecule has 6 heteroatoms. The molecule has 0 aliphatic carbocycles. The molecule has 0 aliphatic rings. The van der Waals surface area contributed by atoms with Gasteiger partial charge in [0.2, 0.25) is 0 Å². The average molecular weight is 293 g/mol. The minimum atomic E-state index is -0.229. The third-order valence-electron chi connectivity index (χ3n) is 2.99. The van der Waals surface area contributed by atoms with Gasteiger partial charge in [-0.3, -0.25) is 9.48 Å². The van der Waals surface area contributed by atoms with Gasteiger partial charge in [-0.25, -0.2) is 0 Å². The summed E-state index contributed by atoms with van der Waals surface area (Å²) in [6.07, 6.45) is 0.788. The van der Waals surface area contributed by atoms with Gasteiger partial charge in [-0.05, 0) is 37.6 Å². The minimum Gasteiger partial charge on any atom is -0.397 e. The standard InChI is InChI=1S/C14H17ClN4O/c1-3-10-8-13(19(4-2)18-10)14(20)17-12-6-5-9(15)7-11(12)16/h5-8H,3-4,16H2,1-2H3,(H,17,20). The van der Waals surface area contributed by atoms with Crippen molar-refractivity contribution in [1.82, 2.24) is 9.78 Å². The van der Waals surface area contributed by atoms with Crippen molar-refractivity contribution in [3.8, 4) is 0 Å². The van der Waals surface area contributed by atoms with Crippen molar-refractivity contribution in [1.29, 1.82) is 0 Å². The highest BCUT2D eigenvalue weighted by Gasteiger charge is 2.15. The van der Waals surface area contributed by atoms with Gasteiger partial charge in [0.1, 0.15) is 5.69 Å². The van der Waals surface area contributed by atoms with E-state index in [1.54, 1.807) is 28.9 Å². The van der Waals surface area contributed by atoms with Gasteiger partial charge in [0.15, 0.2) is 0 Å². The maximum Gasteiger partial charge on any atom is 0.273 e. The molecule has 3 N–H and O–H groups in total. The molecule has 0 aliphatic heterocycles. The number of carbonyl (C=O) groups is 1. The van der Waals surface area contributed by atoms with Gasteiger partial charge in [0, 0.05) is 11.6 Å². The van der Waals surface area contributed by atoms with Crippen LogP contribution in [-0.4, -0.2) is 15.7 Å². The second-order valence-electron chi connectivity index (χ2n) is 4.38. The number of rotatable bonds is 4. The first kappa shape index (κ1) is 14.4. The van der Waals surface area contributed by atoms with E-state index in [0.29, 0.717) is 28.6 Å². The summed E-state index contributed by atoms with van der Waals surface area (Å²) in [5.41, 5.74) is 8.22. The monoisotopic (exact) mass is 292 g/mol. The third kappa shape index (κ3) is 2.93. The number of anilines is 2. The van der Waals surface area contributed by atoms with Crippen molar-refractivity contribution >= 4 is 28.9 Å². The van der Waals surface area contributed by atoms with E-state index < -0.39 is 0 Å². The smallest absolute Gasteiger partial charge is 0.273 e. The van der Waals surface area contributed by atoms with Crippen molar-refractivity contribution in [2.24, 2.45) is 0 Å². The van der Waals surface area contributed by atoms with E-state index in [4.69, 9.17) is 17.3 Å². The zero-order valence-corrected chi connectivity index (χ0v) is 12.2. The molecule has 1 heterocycles. The molecule has 1 aromatic carbocycles. The zero-order chi connectivity index (χ0) is 14.7. The average Bonchev–Trinajstić information content (AvgIpc) is 2.85. The summed E-state index contributed by atoms with van der Waals surface area (Å²) in [7, 11) is 0. The van der Waals surface area contributed by atoms with Gasteiger partial charge < -0.3 is 11.1 Å². The fourth-order valence-electron chi connectivity index (χ4n) is 1.90. The quantitative estimate of drug-likeness (QED) is 0.851. The molecule has 2 rings (SSSR count). The van der Waals surface area contributed by atoms with Gasteiger partial charge in [0.25, 0.3) is 5.91 Å². The van der Waals surface area contributed by atoms with Crippen LogP contribution in [0.15, 0.2) is 24.3 Å². The highest BCUT2D eigenvalue weighted by molar-refractivity contribution is 6.31. The fraction of sp³-hybridized carbons (Fsp3) is 0.286. The summed E-state index contributed by atoms with van der Waals surface area (Å²) in [6.45, 7) is 4.58. The molecular weight excluding hydrogens is 276 g/mol. The van der Waals surface area contributed by atoms with Crippen LogP contribution in [0.4, 0.5) is 11.4 Å². The lowest BCUT2D eigenvalue weighted by molar-refractivity contribution is 0.101. The molecule has 0 atom stereocenters. The molecule has 1 amide bonds. The number of benzene rings is 1. The normalized spacial score (nSPS) is 10.6. The van der Waals surface area contributed by atoms with Crippen LogP contribution < -0.4 is 11.1 Å². The summed E-state index contributed by atoms with van der Waals surface area (Å²) >= 11 is 5.83. The molecule has 0 unspecified atom stereocenters. The fourth-order valence-corrected chi connectivity index (χ4v) is 2.08. The predicted molar refractivity (Wildman–Crippen MR) is 81.1 cm³/mol. The van der Waals surface area contributed by atoms with Gasteiger partial charge in [-0.2, -0.15) is 5.10 Å². The molecule has 5 nitrogen and oxygen atoms in total. The number of amides is 1. The van der Waals surface area contributed by atoms with Crippen molar-refractivity contribution < 1.29 is 4.79 Å². The molecule has 0 saturated carbocycles. The summed E-state index contributed by atoms with van der Waals surface area (Å²) in [5, 5.41) is 7.67. The lowest BCUT2D eigenvalue weighted by Crippen LogP contribution is -2.18. The van der Waals surface area contributed by atoms with Crippen LogP contribution in [0.25, 0.3) is 0 Å². The highest BCUT2D eigenvalue weighted by Crippen LogP contribution is 2.23. The molecule has 1 aromatic heterocycles. The number of nitrogen functional groups attached to an aromatic ring is 1. The van der Waals surface area contributed by atoms with E-state index in [9.17, 15) is 4.79 Å². The number of halogens is 1. The molecule has 0 bridgehead atoms. The second-order valence-corrected chi connectivity index (χ2v) is 4.81. The van der Waals surface area contributed by atoms with E-state index in [0.717, 1.165) is 12.1 Å². The Kier molecular flexibility index (Phi) is 4.29. The molecule has 0 spiro atoms. The molecule has 0 radical (unpaired) electrons. The Morgan fingerprint density at radius 1 is 1.40 bits per heavy atom. The first-order chi connectivity index (χ1) is 9.55. The number of nitrogens with one attached hydrogen (secondary N) is 1. The highest BCUT2D eigenvalue weighted by atomic mass is 35.5. The molecule has 2 aromatic rings. The number of carbonyl (C=O) groups excluding carboxylic acids is 1. The van der Waals surface area contributed by atoms with Gasteiger partial charge in [-0.1, -0.05) is 18.5 Å². The summed E-state index contributed by atoms with van der Waals surface area (Å²) < 4.78 is 1.68. The Morgan fingerprint density at radius 2 is 2.15 bits per heavy atom. The van der Waals surface area contributed by atoms with Crippen molar-refractivity contribution in [2.45, 2.75) is 26.8 Å². The molecule has 106 valence electrons. The van der Waals surface area contributed by atoms with Gasteiger partial charge in [0.05, 0.1) is 17.1 Å². The van der Waals surface area contributed by atoms with Crippen molar-refractivity contribution in [3.05, 3.63) is 40.7 Å². The number of aromatic nitrogens is 2. The van der Waals surface area contributed by atoms with Crippen molar-refractivity contribution in [2.75, 3.05) is 11.1 Å². The van der Waals surface area contributed by atoms with Crippen LogP contribution in [0.3, 0.4) is 0 Å². The Bertz CT molecular complexity index is 636. The molecule has 20 heavy (non-hydrogen) atoms. The maximum absolute atomic E-state index is 12.3. The van der Waals surface area contributed by atoms with E-state index in [2.05, 4.69) is 10.4 Å². The number of nitrogens with two attached hydrogens (primary N) is 1. The zero-order valence-electron chi connectivity index (χ0n) is 11.5. The minimum absolute atomic E-state index is 0.229. The van der Waals surface area contributed by atoms with Gasteiger partial charge >= 0.3 is 0 Å². The first-order valence-corrected chi connectivity index (χ1v) is 6.86. The number of hydrogen-bond acceptors (Lipinski definition) is 3. The lowest BCUT2D eigenvalue weighted by atomic mass is 10.2. The summed E-state index contributed by atoms with van der Waals surface area (Å²) in [4.78, 5) is 12.3. The van der Waals surface area contributed by atoms with E-state index in [1.807, 2.05) is 13.8 Å². The SMILES string of the molecule is CCc1cc(C(=O)Nc2ccc(Cl)cc2N)n(CC)n1. The predicted octanol–water partition coefficient (Wildman–Crippen LogP) is 2.95. The number of hydrogen-bond donors (Lipinski definition) is 2. The van der Waals surface area contributed by atoms with Crippen LogP contribution in [0.1, 0.15) is 30.0 Å². The molecule has 0 fully saturated rings. The van der Waals surface area contributed by atoms with Crippen LogP contribution in [-0.2, 0) is 13.0 Å². The lowest BCUT2D eigenvalue weighted by Gasteiger charge is -2.09. The number of nitrogens with zero attached hydrogens (tertiary/aromatic N) is 2. The van der Waals surface area contributed by atoms with Crippen LogP contribution in [0.2, 0.25) is 5.02 Å². The first-order valence-electron chi connectivity index (χ1n) is 6.48. The Morgan fingerprint density at radius 3 is 2.75 bits per heavy atom. The largest absolute Gasteiger partial charge is 0.397 e. The third-order valence-corrected chi connectivity index (χ3v) is 3.22. The Balaban J connectivity index is 2.25. The molecular formula is C14H17ClN4O. The van der Waals surface area contributed by atoms with E-state index in [1.165, 1.54) is 0 Å². The van der Waals surface area contributed by atoms with Crippen molar-refractivity contribution in [3.63, 3.8) is 0 Å². The van der Waals surface area contributed by atoms with Crippen LogP contribution >= 0.6 is 11.6 Å². The van der Waals surface area contributed by atoms with E-state index >= 15 is 0 Å². The summed E-state index contributed by atoms with van der Waals surface area (Å²) in [6, 6.07) is 6.77. The van der Waals surface area contributed by atoms with Crippen LogP contribution in [0.5, 0.6) is 0 Å². The van der Waals surface area contributed by atoms with Crippen LogP contribution in [0, 0.1) is 0 Å². The summed E-state index contributed by atoms with van der Waals surface area (Å²) in [5.74, 6) is -0.229.